The molecule has 0 unspecified atom stereocenters. The molecule has 0 saturated carbocycles. The standard InChI is InChI=1S/C21H23NO2/c1-16(23)21(24)22-13-11-18(12-14-22)20-10-6-5-9-19(20)15-17-7-3-2-4-8-17/h2-10,18H,11-15H2,1H3. The van der Waals surface area contributed by atoms with Crippen molar-refractivity contribution in [2.45, 2.75) is 32.1 Å². The Kier molecular flexibility index (Phi) is 5.09. The van der Waals surface area contributed by atoms with Crippen LogP contribution in [0.3, 0.4) is 0 Å². The molecule has 3 nitrogen and oxygen atoms in total. The van der Waals surface area contributed by atoms with Crippen LogP contribution in [0.2, 0.25) is 0 Å². The van der Waals surface area contributed by atoms with E-state index >= 15 is 0 Å². The molecule has 0 aromatic heterocycles. The Balaban J connectivity index is 1.72. The maximum atomic E-state index is 11.8. The summed E-state index contributed by atoms with van der Waals surface area (Å²) in [6.07, 6.45) is 2.78. The van der Waals surface area contributed by atoms with Gasteiger partial charge < -0.3 is 4.90 Å². The van der Waals surface area contributed by atoms with E-state index in [1.165, 1.54) is 23.6 Å². The molecule has 3 heteroatoms. The molecule has 124 valence electrons. The second kappa shape index (κ2) is 7.43. The van der Waals surface area contributed by atoms with Crippen LogP contribution in [0.5, 0.6) is 0 Å². The summed E-state index contributed by atoms with van der Waals surface area (Å²) in [5.74, 6) is -0.245. The predicted molar refractivity (Wildman–Crippen MR) is 94.9 cm³/mol. The van der Waals surface area contributed by atoms with Gasteiger partial charge in [-0.2, -0.15) is 0 Å². The highest BCUT2D eigenvalue weighted by molar-refractivity contribution is 6.35. The number of carbonyl (C=O) groups is 2. The maximum absolute atomic E-state index is 11.8. The van der Waals surface area contributed by atoms with Gasteiger partial charge in [-0.3, -0.25) is 9.59 Å². The molecule has 2 aromatic rings. The molecule has 0 atom stereocenters. The monoisotopic (exact) mass is 321 g/mol. The SMILES string of the molecule is CC(=O)C(=O)N1CCC(c2ccccc2Cc2ccccc2)CC1. The van der Waals surface area contributed by atoms with Crippen molar-refractivity contribution >= 4 is 11.7 Å². The Bertz CT molecular complexity index is 716. The lowest BCUT2D eigenvalue weighted by Gasteiger charge is -2.32. The summed E-state index contributed by atoms with van der Waals surface area (Å²) in [6.45, 7) is 2.69. The molecule has 1 heterocycles. The van der Waals surface area contributed by atoms with Gasteiger partial charge in [0.25, 0.3) is 5.91 Å². The average molecular weight is 321 g/mol. The number of hydrogen-bond acceptors (Lipinski definition) is 2. The lowest BCUT2D eigenvalue weighted by molar-refractivity contribution is -0.144. The molecule has 1 aliphatic heterocycles. The molecular weight excluding hydrogens is 298 g/mol. The summed E-state index contributed by atoms with van der Waals surface area (Å²) < 4.78 is 0. The summed E-state index contributed by atoms with van der Waals surface area (Å²) in [4.78, 5) is 24.8. The fourth-order valence-corrected chi connectivity index (χ4v) is 3.53. The highest BCUT2D eigenvalue weighted by Crippen LogP contribution is 2.31. The van der Waals surface area contributed by atoms with E-state index < -0.39 is 0 Å². The zero-order valence-corrected chi connectivity index (χ0v) is 14.1. The first-order chi connectivity index (χ1) is 11.6. The zero-order valence-electron chi connectivity index (χ0n) is 14.1. The first kappa shape index (κ1) is 16.4. The molecule has 1 saturated heterocycles. The van der Waals surface area contributed by atoms with Crippen molar-refractivity contribution in [1.82, 2.24) is 4.90 Å². The van der Waals surface area contributed by atoms with E-state index in [4.69, 9.17) is 0 Å². The van der Waals surface area contributed by atoms with Crippen LogP contribution in [0.1, 0.15) is 42.4 Å². The minimum Gasteiger partial charge on any atom is -0.336 e. The van der Waals surface area contributed by atoms with Gasteiger partial charge in [0, 0.05) is 20.0 Å². The second-order valence-electron chi connectivity index (χ2n) is 6.48. The fraction of sp³-hybridized carbons (Fsp3) is 0.333. The highest BCUT2D eigenvalue weighted by Gasteiger charge is 2.26. The third kappa shape index (κ3) is 3.73. The van der Waals surface area contributed by atoms with Crippen LogP contribution in [-0.2, 0) is 16.0 Å². The van der Waals surface area contributed by atoms with Gasteiger partial charge in [-0.05, 0) is 41.9 Å². The van der Waals surface area contributed by atoms with E-state index in [2.05, 4.69) is 48.5 Å². The number of piperidine rings is 1. The molecule has 0 bridgehead atoms. The van der Waals surface area contributed by atoms with Crippen molar-refractivity contribution < 1.29 is 9.59 Å². The Hall–Kier alpha value is -2.42. The van der Waals surface area contributed by atoms with E-state index in [1.54, 1.807) is 4.90 Å². The Morgan fingerprint density at radius 3 is 2.25 bits per heavy atom. The summed E-state index contributed by atoms with van der Waals surface area (Å²) in [5, 5.41) is 0. The van der Waals surface area contributed by atoms with Gasteiger partial charge >= 0.3 is 0 Å². The molecule has 0 N–H and O–H groups in total. The third-order valence-electron chi connectivity index (χ3n) is 4.82. The van der Waals surface area contributed by atoms with Crippen LogP contribution < -0.4 is 0 Å². The summed E-state index contributed by atoms with van der Waals surface area (Å²) in [5.41, 5.74) is 4.06. The molecule has 1 fully saturated rings. The molecule has 1 aliphatic rings. The molecular formula is C21H23NO2. The Morgan fingerprint density at radius 2 is 1.58 bits per heavy atom. The number of amides is 1. The van der Waals surface area contributed by atoms with Gasteiger partial charge in [0.1, 0.15) is 0 Å². The fourth-order valence-electron chi connectivity index (χ4n) is 3.53. The van der Waals surface area contributed by atoms with E-state index in [1.807, 2.05) is 6.07 Å². The van der Waals surface area contributed by atoms with Crippen LogP contribution in [0, 0.1) is 0 Å². The van der Waals surface area contributed by atoms with Crippen LogP contribution in [0.15, 0.2) is 54.6 Å². The smallest absolute Gasteiger partial charge is 0.289 e. The number of carbonyl (C=O) groups excluding carboxylic acids is 2. The van der Waals surface area contributed by atoms with Crippen molar-refractivity contribution in [2.75, 3.05) is 13.1 Å². The van der Waals surface area contributed by atoms with Gasteiger partial charge in [-0.1, -0.05) is 54.6 Å². The van der Waals surface area contributed by atoms with Crippen LogP contribution >= 0.6 is 0 Å². The Morgan fingerprint density at radius 1 is 0.958 bits per heavy atom. The topological polar surface area (TPSA) is 37.4 Å². The van der Waals surface area contributed by atoms with Crippen LogP contribution in [0.25, 0.3) is 0 Å². The van der Waals surface area contributed by atoms with Crippen molar-refractivity contribution in [3.8, 4) is 0 Å². The Labute approximate surface area is 143 Å². The lowest BCUT2D eigenvalue weighted by Crippen LogP contribution is -2.41. The van der Waals surface area contributed by atoms with Gasteiger partial charge in [0.05, 0.1) is 0 Å². The third-order valence-corrected chi connectivity index (χ3v) is 4.82. The van der Waals surface area contributed by atoms with E-state index in [0.29, 0.717) is 19.0 Å². The molecule has 2 aromatic carbocycles. The van der Waals surface area contributed by atoms with Crippen molar-refractivity contribution in [2.24, 2.45) is 0 Å². The van der Waals surface area contributed by atoms with E-state index in [0.717, 1.165) is 19.3 Å². The number of hydrogen-bond donors (Lipinski definition) is 0. The summed E-state index contributed by atoms with van der Waals surface area (Å²) in [6, 6.07) is 19.1. The van der Waals surface area contributed by atoms with Crippen LogP contribution in [0.4, 0.5) is 0 Å². The summed E-state index contributed by atoms with van der Waals surface area (Å²) >= 11 is 0. The van der Waals surface area contributed by atoms with Crippen molar-refractivity contribution in [1.29, 1.82) is 0 Å². The number of benzene rings is 2. The molecule has 0 spiro atoms. The second-order valence-corrected chi connectivity index (χ2v) is 6.48. The maximum Gasteiger partial charge on any atom is 0.289 e. The van der Waals surface area contributed by atoms with Gasteiger partial charge in [0.2, 0.25) is 5.78 Å². The predicted octanol–water partition coefficient (Wildman–Crippen LogP) is 3.57. The number of rotatable bonds is 4. The quantitative estimate of drug-likeness (QED) is 0.807. The van der Waals surface area contributed by atoms with E-state index in [-0.39, 0.29) is 11.7 Å². The molecule has 0 aliphatic carbocycles. The molecule has 24 heavy (non-hydrogen) atoms. The first-order valence-electron chi connectivity index (χ1n) is 8.56. The van der Waals surface area contributed by atoms with Gasteiger partial charge in [-0.25, -0.2) is 0 Å². The van der Waals surface area contributed by atoms with Gasteiger partial charge in [0.15, 0.2) is 0 Å². The average Bonchev–Trinajstić information content (AvgIpc) is 2.62. The number of Topliss-reactive ketones (excluding diaryl/α,β-unsaturated/α-hetero) is 1. The van der Waals surface area contributed by atoms with Gasteiger partial charge in [-0.15, -0.1) is 0 Å². The number of likely N-dealkylation sites (tertiary alicyclic amines) is 1. The molecule has 3 rings (SSSR count). The zero-order chi connectivity index (χ0) is 16.9. The van der Waals surface area contributed by atoms with Crippen molar-refractivity contribution in [3.63, 3.8) is 0 Å². The highest BCUT2D eigenvalue weighted by atomic mass is 16.2. The van der Waals surface area contributed by atoms with E-state index in [9.17, 15) is 9.59 Å². The normalized spacial score (nSPS) is 15.3. The molecule has 1 amide bonds. The van der Waals surface area contributed by atoms with Crippen molar-refractivity contribution in [3.05, 3.63) is 71.3 Å². The minimum absolute atomic E-state index is 0.342. The number of ketones is 1. The van der Waals surface area contributed by atoms with Crippen LogP contribution in [-0.4, -0.2) is 29.7 Å². The first-order valence-corrected chi connectivity index (χ1v) is 8.56. The summed E-state index contributed by atoms with van der Waals surface area (Å²) in [7, 11) is 0. The minimum atomic E-state index is -0.363. The number of nitrogens with zero attached hydrogens (tertiary/aromatic N) is 1. The lowest BCUT2D eigenvalue weighted by atomic mass is 9.85. The largest absolute Gasteiger partial charge is 0.336 e. The molecule has 0 radical (unpaired) electrons.